The topological polar surface area (TPSA) is 37.3 Å². The zero-order chi connectivity index (χ0) is 16.5. The molecule has 1 aromatic carbocycles. The molecule has 0 unspecified atom stereocenters. The number of aromatic nitrogens is 1. The van der Waals surface area contributed by atoms with Crippen molar-refractivity contribution in [3.8, 4) is 0 Å². The number of piperidine rings is 2. The van der Waals surface area contributed by atoms with Crippen molar-refractivity contribution in [2.45, 2.75) is 38.1 Å². The Balaban J connectivity index is 1.46. The Kier molecular flexibility index (Phi) is 4.31. The van der Waals surface area contributed by atoms with Crippen LogP contribution in [0.1, 0.15) is 42.5 Å². The van der Waals surface area contributed by atoms with Crippen LogP contribution in [0.25, 0.3) is 10.9 Å². The Bertz CT molecular complexity index is 734. The summed E-state index contributed by atoms with van der Waals surface area (Å²) in [5, 5.41) is 4.27. The first-order valence-electron chi connectivity index (χ1n) is 9.30. The molecule has 0 aliphatic carbocycles. The maximum absolute atomic E-state index is 12.7. The first kappa shape index (κ1) is 15.7. The summed E-state index contributed by atoms with van der Waals surface area (Å²) in [6.07, 6.45) is 8.45. The lowest BCUT2D eigenvalue weighted by molar-refractivity contribution is 0.0576. The van der Waals surface area contributed by atoms with Crippen molar-refractivity contribution >= 4 is 16.8 Å². The molecule has 2 aromatic rings. The van der Waals surface area contributed by atoms with Crippen molar-refractivity contribution in [2.24, 2.45) is 13.0 Å². The van der Waals surface area contributed by atoms with Gasteiger partial charge in [0.1, 0.15) is 0 Å². The quantitative estimate of drug-likeness (QED) is 0.941. The van der Waals surface area contributed by atoms with E-state index in [1.54, 1.807) is 0 Å². The van der Waals surface area contributed by atoms with Gasteiger partial charge >= 0.3 is 0 Å². The molecular formula is C20H27N3O. The van der Waals surface area contributed by atoms with E-state index in [0.29, 0.717) is 12.0 Å². The summed E-state index contributed by atoms with van der Waals surface area (Å²) in [5.41, 5.74) is 1.91. The van der Waals surface area contributed by atoms with Gasteiger partial charge in [-0.15, -0.1) is 0 Å². The van der Waals surface area contributed by atoms with E-state index in [2.05, 4.69) is 16.3 Å². The average molecular weight is 325 g/mol. The van der Waals surface area contributed by atoms with E-state index in [-0.39, 0.29) is 5.91 Å². The van der Waals surface area contributed by atoms with Crippen molar-refractivity contribution in [1.29, 1.82) is 0 Å². The van der Waals surface area contributed by atoms with Crippen LogP contribution in [0.15, 0.2) is 30.5 Å². The molecule has 4 heteroatoms. The molecule has 3 heterocycles. The van der Waals surface area contributed by atoms with E-state index < -0.39 is 0 Å². The van der Waals surface area contributed by atoms with Crippen molar-refractivity contribution in [2.75, 3.05) is 19.6 Å². The minimum absolute atomic E-state index is 0.0692. The van der Waals surface area contributed by atoms with Crippen molar-refractivity contribution < 1.29 is 4.79 Å². The summed E-state index contributed by atoms with van der Waals surface area (Å²) < 4.78 is 2.04. The molecule has 2 fully saturated rings. The molecule has 24 heavy (non-hydrogen) atoms. The Morgan fingerprint density at radius 2 is 2.00 bits per heavy atom. The fraction of sp³-hybridized carbons (Fsp3) is 0.550. The fourth-order valence-corrected chi connectivity index (χ4v) is 4.66. The molecule has 0 spiro atoms. The Morgan fingerprint density at radius 3 is 2.92 bits per heavy atom. The number of nitrogens with one attached hydrogen (secondary N) is 1. The van der Waals surface area contributed by atoms with E-state index >= 15 is 0 Å². The van der Waals surface area contributed by atoms with Crippen molar-refractivity contribution in [3.05, 3.63) is 36.0 Å². The second-order valence-electron chi connectivity index (χ2n) is 7.38. The van der Waals surface area contributed by atoms with Crippen LogP contribution in [0.4, 0.5) is 0 Å². The molecule has 2 saturated heterocycles. The first-order chi connectivity index (χ1) is 11.7. The molecule has 0 saturated carbocycles. The van der Waals surface area contributed by atoms with Gasteiger partial charge in [-0.3, -0.25) is 4.79 Å². The lowest BCUT2D eigenvalue weighted by Crippen LogP contribution is -2.50. The van der Waals surface area contributed by atoms with Crippen LogP contribution in [0.2, 0.25) is 0 Å². The van der Waals surface area contributed by atoms with E-state index in [1.165, 1.54) is 45.2 Å². The molecule has 2 aliphatic heterocycles. The van der Waals surface area contributed by atoms with Gasteiger partial charge in [0.15, 0.2) is 0 Å². The number of carbonyl (C=O) groups is 1. The lowest BCUT2D eigenvalue weighted by Gasteiger charge is -2.44. The molecule has 4 rings (SSSR count). The minimum atomic E-state index is 0.0692. The summed E-state index contributed by atoms with van der Waals surface area (Å²) in [6.45, 7) is 3.31. The largest absolute Gasteiger partial charge is 0.352 e. The molecule has 128 valence electrons. The molecule has 0 bridgehead atoms. The summed E-state index contributed by atoms with van der Waals surface area (Å²) in [6, 6.07) is 8.80. The Hall–Kier alpha value is -1.81. The summed E-state index contributed by atoms with van der Waals surface area (Å²) in [5.74, 6) is 0.678. The summed E-state index contributed by atoms with van der Waals surface area (Å²) in [4.78, 5) is 15.4. The van der Waals surface area contributed by atoms with Gasteiger partial charge in [0.2, 0.25) is 0 Å². The van der Waals surface area contributed by atoms with Crippen LogP contribution in [0, 0.1) is 5.92 Å². The van der Waals surface area contributed by atoms with Gasteiger partial charge in [-0.2, -0.15) is 0 Å². The first-order valence-corrected chi connectivity index (χ1v) is 9.30. The Morgan fingerprint density at radius 1 is 1.17 bits per heavy atom. The van der Waals surface area contributed by atoms with Crippen molar-refractivity contribution in [1.82, 2.24) is 14.8 Å². The maximum Gasteiger partial charge on any atom is 0.253 e. The van der Waals surface area contributed by atoms with Crippen LogP contribution in [0.5, 0.6) is 0 Å². The molecule has 0 radical (unpaired) electrons. The third kappa shape index (κ3) is 2.84. The zero-order valence-electron chi connectivity index (χ0n) is 14.5. The van der Waals surface area contributed by atoms with E-state index in [9.17, 15) is 4.79 Å². The molecule has 4 nitrogen and oxygen atoms in total. The number of nitrogens with zero attached hydrogens (tertiary/aromatic N) is 2. The monoisotopic (exact) mass is 325 g/mol. The normalized spacial score (nSPS) is 24.7. The molecule has 2 aliphatic rings. The van der Waals surface area contributed by atoms with Crippen LogP contribution < -0.4 is 5.32 Å². The SMILES string of the molecule is Cn1cc(C(=O)NC[C@@H]2CCCN3CCCC[C@@H]23)c2ccccc21. The number of hydrogen-bond acceptors (Lipinski definition) is 2. The number of fused-ring (bicyclic) bond motifs is 2. The lowest BCUT2D eigenvalue weighted by atomic mass is 9.83. The van der Waals surface area contributed by atoms with Crippen LogP contribution in [-0.2, 0) is 7.05 Å². The standard InChI is InChI=1S/C20H27N3O/c1-22-14-17(16-8-2-3-10-19(16)22)20(24)21-13-15-7-6-12-23-11-5-4-9-18(15)23/h2-3,8,10,14-15,18H,4-7,9,11-13H2,1H3,(H,21,24)/t15-,18-/m0/s1. The predicted octanol–water partition coefficient (Wildman–Crippen LogP) is 3.17. The van der Waals surface area contributed by atoms with Gasteiger partial charge in [0.05, 0.1) is 5.56 Å². The van der Waals surface area contributed by atoms with Crippen LogP contribution in [-0.4, -0.2) is 41.1 Å². The predicted molar refractivity (Wildman–Crippen MR) is 97.2 cm³/mol. The number of para-hydroxylation sites is 1. The van der Waals surface area contributed by atoms with Crippen LogP contribution >= 0.6 is 0 Å². The third-order valence-electron chi connectivity index (χ3n) is 5.90. The third-order valence-corrected chi connectivity index (χ3v) is 5.90. The molecule has 1 N–H and O–H groups in total. The number of hydrogen-bond donors (Lipinski definition) is 1. The summed E-state index contributed by atoms with van der Waals surface area (Å²) >= 11 is 0. The zero-order valence-corrected chi connectivity index (χ0v) is 14.5. The molecule has 1 amide bonds. The summed E-state index contributed by atoms with van der Waals surface area (Å²) in [7, 11) is 2.00. The van der Waals surface area contributed by atoms with Gasteiger partial charge in [-0.05, 0) is 50.8 Å². The van der Waals surface area contributed by atoms with Gasteiger partial charge in [-0.25, -0.2) is 0 Å². The van der Waals surface area contributed by atoms with Gasteiger partial charge in [-0.1, -0.05) is 24.6 Å². The highest BCUT2D eigenvalue weighted by Gasteiger charge is 2.33. The second kappa shape index (κ2) is 6.60. The van der Waals surface area contributed by atoms with Gasteiger partial charge in [0, 0.05) is 36.7 Å². The highest BCUT2D eigenvalue weighted by atomic mass is 16.1. The van der Waals surface area contributed by atoms with Crippen molar-refractivity contribution in [3.63, 3.8) is 0 Å². The number of carbonyl (C=O) groups excluding carboxylic acids is 1. The van der Waals surface area contributed by atoms with E-state index in [4.69, 9.17) is 0 Å². The molecule has 2 atom stereocenters. The minimum Gasteiger partial charge on any atom is -0.352 e. The van der Waals surface area contributed by atoms with E-state index in [0.717, 1.165) is 23.0 Å². The number of aryl methyl sites for hydroxylation is 1. The fourth-order valence-electron chi connectivity index (χ4n) is 4.66. The van der Waals surface area contributed by atoms with E-state index in [1.807, 2.05) is 36.0 Å². The smallest absolute Gasteiger partial charge is 0.253 e. The van der Waals surface area contributed by atoms with Gasteiger partial charge in [0.25, 0.3) is 5.91 Å². The number of rotatable bonds is 3. The van der Waals surface area contributed by atoms with Gasteiger partial charge < -0.3 is 14.8 Å². The molecular weight excluding hydrogens is 298 g/mol. The molecule has 1 aromatic heterocycles. The highest BCUT2D eigenvalue weighted by molar-refractivity contribution is 6.06. The number of benzene rings is 1. The van der Waals surface area contributed by atoms with Crippen LogP contribution in [0.3, 0.4) is 0 Å². The Labute approximate surface area is 143 Å². The second-order valence-corrected chi connectivity index (χ2v) is 7.38. The highest BCUT2D eigenvalue weighted by Crippen LogP contribution is 2.30. The average Bonchev–Trinajstić information content (AvgIpc) is 2.97. The number of amides is 1. The maximum atomic E-state index is 12.7.